The zero-order valence-corrected chi connectivity index (χ0v) is 12.2. The zero-order chi connectivity index (χ0) is 13.3. The van der Waals surface area contributed by atoms with Gasteiger partial charge in [0.05, 0.1) is 17.6 Å². The lowest BCUT2D eigenvalue weighted by atomic mass is 10.1. The van der Waals surface area contributed by atoms with E-state index in [2.05, 4.69) is 15.9 Å². The van der Waals surface area contributed by atoms with Gasteiger partial charge >= 0.3 is 0 Å². The molecule has 0 fully saturated rings. The summed E-state index contributed by atoms with van der Waals surface area (Å²) in [5.74, 6) is -0.483. The molecule has 18 heavy (non-hydrogen) atoms. The van der Waals surface area contributed by atoms with Crippen LogP contribution in [0.2, 0.25) is 0 Å². The lowest BCUT2D eigenvalue weighted by Gasteiger charge is -2.03. The predicted octanol–water partition coefficient (Wildman–Crippen LogP) is 4.20. The Kier molecular flexibility index (Phi) is 3.82. The second-order valence-corrected chi connectivity index (χ2v) is 5.80. The highest BCUT2D eigenvalue weighted by Gasteiger charge is 2.17. The van der Waals surface area contributed by atoms with Crippen LogP contribution < -0.4 is 4.74 Å². The lowest BCUT2D eigenvalue weighted by molar-refractivity contribution is 0.103. The molecule has 1 heterocycles. The van der Waals surface area contributed by atoms with Gasteiger partial charge in [0.2, 0.25) is 5.78 Å². The Morgan fingerprint density at radius 3 is 2.61 bits per heavy atom. The van der Waals surface area contributed by atoms with E-state index in [0.717, 1.165) is 9.35 Å². The summed E-state index contributed by atoms with van der Waals surface area (Å²) in [6.45, 7) is 1.90. The SMILES string of the molecule is COc1ccc(C(=O)c2cc(Br)c(C)s2)c(F)c1. The number of carbonyl (C=O) groups is 1. The van der Waals surface area contributed by atoms with Crippen LogP contribution in [0, 0.1) is 12.7 Å². The molecule has 0 saturated carbocycles. The average Bonchev–Trinajstić information content (AvgIpc) is 2.68. The van der Waals surface area contributed by atoms with Crippen molar-refractivity contribution in [3.8, 4) is 5.75 Å². The Morgan fingerprint density at radius 1 is 1.39 bits per heavy atom. The van der Waals surface area contributed by atoms with Crippen molar-refractivity contribution >= 4 is 33.0 Å². The summed E-state index contributed by atoms with van der Waals surface area (Å²) < 4.78 is 19.5. The van der Waals surface area contributed by atoms with Gasteiger partial charge in [-0.05, 0) is 41.1 Å². The summed E-state index contributed by atoms with van der Waals surface area (Å²) in [5.41, 5.74) is 0.0598. The van der Waals surface area contributed by atoms with Crippen LogP contribution in [-0.4, -0.2) is 12.9 Å². The third kappa shape index (κ3) is 2.47. The van der Waals surface area contributed by atoms with E-state index in [9.17, 15) is 9.18 Å². The Bertz CT molecular complexity index is 588. The molecule has 0 unspecified atom stereocenters. The number of methoxy groups -OCH3 is 1. The molecule has 0 atom stereocenters. The molecule has 0 aliphatic carbocycles. The predicted molar refractivity (Wildman–Crippen MR) is 73.1 cm³/mol. The van der Waals surface area contributed by atoms with E-state index in [0.29, 0.717) is 10.6 Å². The van der Waals surface area contributed by atoms with Gasteiger partial charge in [-0.25, -0.2) is 4.39 Å². The monoisotopic (exact) mass is 328 g/mol. The molecule has 0 aliphatic heterocycles. The maximum absolute atomic E-state index is 13.8. The van der Waals surface area contributed by atoms with E-state index < -0.39 is 5.82 Å². The molecule has 0 bridgehead atoms. The second-order valence-electron chi connectivity index (χ2n) is 3.69. The molecule has 2 rings (SSSR count). The minimum absolute atomic E-state index is 0.0598. The highest BCUT2D eigenvalue weighted by molar-refractivity contribution is 9.10. The Balaban J connectivity index is 2.40. The van der Waals surface area contributed by atoms with E-state index in [1.54, 1.807) is 12.1 Å². The fraction of sp³-hybridized carbons (Fsp3) is 0.154. The quantitative estimate of drug-likeness (QED) is 0.789. The van der Waals surface area contributed by atoms with Crippen molar-refractivity contribution in [1.29, 1.82) is 0 Å². The fourth-order valence-electron chi connectivity index (χ4n) is 1.51. The second kappa shape index (κ2) is 5.20. The molecule has 0 saturated heterocycles. The van der Waals surface area contributed by atoms with Crippen molar-refractivity contribution in [2.45, 2.75) is 6.92 Å². The van der Waals surface area contributed by atoms with Gasteiger partial charge in [0.1, 0.15) is 11.6 Å². The summed E-state index contributed by atoms with van der Waals surface area (Å²) in [7, 11) is 1.45. The lowest BCUT2D eigenvalue weighted by Crippen LogP contribution is -2.02. The van der Waals surface area contributed by atoms with Crippen LogP contribution in [0.1, 0.15) is 20.1 Å². The average molecular weight is 329 g/mol. The van der Waals surface area contributed by atoms with Gasteiger partial charge in [-0.3, -0.25) is 4.79 Å². The smallest absolute Gasteiger partial charge is 0.205 e. The summed E-state index contributed by atoms with van der Waals surface area (Å²) in [4.78, 5) is 13.7. The number of aryl methyl sites for hydroxylation is 1. The van der Waals surface area contributed by atoms with Crippen molar-refractivity contribution in [1.82, 2.24) is 0 Å². The van der Waals surface area contributed by atoms with E-state index in [1.165, 1.54) is 30.6 Å². The summed E-state index contributed by atoms with van der Waals surface area (Å²) >= 11 is 4.68. The number of thiophene rings is 1. The molecular weight excluding hydrogens is 319 g/mol. The molecule has 5 heteroatoms. The van der Waals surface area contributed by atoms with Gasteiger partial charge in [0.15, 0.2) is 0 Å². The van der Waals surface area contributed by atoms with Crippen molar-refractivity contribution in [3.63, 3.8) is 0 Å². The van der Waals surface area contributed by atoms with Crippen molar-refractivity contribution < 1.29 is 13.9 Å². The summed E-state index contributed by atoms with van der Waals surface area (Å²) in [6.07, 6.45) is 0. The first kappa shape index (κ1) is 13.2. The maximum Gasteiger partial charge on any atom is 0.205 e. The first-order valence-corrected chi connectivity index (χ1v) is 6.78. The number of hydrogen-bond acceptors (Lipinski definition) is 3. The minimum Gasteiger partial charge on any atom is -0.497 e. The molecule has 1 aromatic heterocycles. The van der Waals surface area contributed by atoms with Crippen LogP contribution in [0.25, 0.3) is 0 Å². The van der Waals surface area contributed by atoms with Gasteiger partial charge < -0.3 is 4.74 Å². The van der Waals surface area contributed by atoms with E-state index in [-0.39, 0.29) is 11.3 Å². The molecule has 0 N–H and O–H groups in total. The first-order valence-electron chi connectivity index (χ1n) is 5.17. The summed E-state index contributed by atoms with van der Waals surface area (Å²) in [6, 6.07) is 5.94. The minimum atomic E-state index is -0.568. The molecule has 0 radical (unpaired) electrons. The Hall–Kier alpha value is -1.20. The normalized spacial score (nSPS) is 10.4. The number of ether oxygens (including phenoxy) is 1. The number of rotatable bonds is 3. The molecular formula is C13H10BrFO2S. The molecule has 0 amide bonds. The van der Waals surface area contributed by atoms with Gasteiger partial charge in [-0.1, -0.05) is 0 Å². The maximum atomic E-state index is 13.8. The largest absolute Gasteiger partial charge is 0.497 e. The van der Waals surface area contributed by atoms with Crippen LogP contribution in [0.5, 0.6) is 5.75 Å². The molecule has 2 nitrogen and oxygen atoms in total. The Labute approximate surface area is 117 Å². The molecule has 94 valence electrons. The topological polar surface area (TPSA) is 26.3 Å². The number of ketones is 1. The standard InChI is InChI=1S/C13H10BrFO2S/c1-7-10(14)6-12(18-7)13(16)9-4-3-8(17-2)5-11(9)15/h3-6H,1-2H3. The van der Waals surface area contributed by atoms with E-state index in [4.69, 9.17) is 4.74 Å². The van der Waals surface area contributed by atoms with Crippen molar-refractivity contribution in [2.75, 3.05) is 7.11 Å². The fourth-order valence-corrected chi connectivity index (χ4v) is 3.00. The van der Waals surface area contributed by atoms with Crippen LogP contribution in [0.4, 0.5) is 4.39 Å². The highest BCUT2D eigenvalue weighted by Crippen LogP contribution is 2.29. The molecule has 2 aromatic rings. The van der Waals surface area contributed by atoms with Crippen LogP contribution >= 0.6 is 27.3 Å². The van der Waals surface area contributed by atoms with Gasteiger partial charge in [-0.15, -0.1) is 11.3 Å². The number of benzene rings is 1. The van der Waals surface area contributed by atoms with E-state index >= 15 is 0 Å². The van der Waals surface area contributed by atoms with Crippen LogP contribution in [-0.2, 0) is 0 Å². The first-order chi connectivity index (χ1) is 8.52. The molecule has 0 aliphatic rings. The van der Waals surface area contributed by atoms with Gasteiger partial charge in [0.25, 0.3) is 0 Å². The highest BCUT2D eigenvalue weighted by atomic mass is 79.9. The van der Waals surface area contributed by atoms with Crippen molar-refractivity contribution in [3.05, 3.63) is 49.9 Å². The third-order valence-corrected chi connectivity index (χ3v) is 4.64. The number of carbonyl (C=O) groups excluding carboxylic acids is 1. The molecule has 1 aromatic carbocycles. The number of hydrogen-bond donors (Lipinski definition) is 0. The zero-order valence-electron chi connectivity index (χ0n) is 9.79. The number of halogens is 2. The van der Waals surface area contributed by atoms with Crippen LogP contribution in [0.3, 0.4) is 0 Å². The molecule has 0 spiro atoms. The Morgan fingerprint density at radius 2 is 2.11 bits per heavy atom. The summed E-state index contributed by atoms with van der Waals surface area (Å²) in [5, 5.41) is 0. The van der Waals surface area contributed by atoms with Gasteiger partial charge in [0, 0.05) is 15.4 Å². The van der Waals surface area contributed by atoms with E-state index in [1.807, 2.05) is 6.92 Å². The third-order valence-electron chi connectivity index (χ3n) is 2.50. The van der Waals surface area contributed by atoms with Gasteiger partial charge in [-0.2, -0.15) is 0 Å². The van der Waals surface area contributed by atoms with Crippen LogP contribution in [0.15, 0.2) is 28.7 Å². The van der Waals surface area contributed by atoms with Crippen molar-refractivity contribution in [2.24, 2.45) is 0 Å².